The number of hydrogen-bond acceptors (Lipinski definition) is 4. The average Bonchev–Trinajstić information content (AvgIpc) is 2.80. The molecular weight excluding hydrogens is 306 g/mol. The van der Waals surface area contributed by atoms with Gasteiger partial charge in [0.05, 0.1) is 10.8 Å². The van der Waals surface area contributed by atoms with Crippen LogP contribution in [0.15, 0.2) is 29.2 Å². The summed E-state index contributed by atoms with van der Waals surface area (Å²) in [5, 5.41) is 7.70. The van der Waals surface area contributed by atoms with Crippen LogP contribution < -0.4 is 10.5 Å². The lowest BCUT2D eigenvalue weighted by Gasteiger charge is -2.20. The molecule has 1 heterocycles. The third-order valence-corrected chi connectivity index (χ3v) is 4.53. The Morgan fingerprint density at radius 2 is 1.91 bits per heavy atom. The van der Waals surface area contributed by atoms with E-state index in [1.165, 1.54) is 24.3 Å². The summed E-state index contributed by atoms with van der Waals surface area (Å²) < 4.78 is 22.3. The maximum absolute atomic E-state index is 12.2. The molecule has 0 spiro atoms. The fourth-order valence-corrected chi connectivity index (χ4v) is 2.89. The summed E-state index contributed by atoms with van der Waals surface area (Å²) in [7, 11) is -3.75. The number of amides is 2. The summed E-state index contributed by atoms with van der Waals surface area (Å²) in [5.41, 5.74) is 0.466. The van der Waals surface area contributed by atoms with Crippen LogP contribution in [-0.2, 0) is 19.6 Å². The van der Waals surface area contributed by atoms with Gasteiger partial charge in [0, 0.05) is 24.7 Å². The molecule has 0 radical (unpaired) electrons. The van der Waals surface area contributed by atoms with E-state index >= 15 is 0 Å². The Hall–Kier alpha value is -1.93. The largest absolute Gasteiger partial charge is 0.339 e. The van der Waals surface area contributed by atoms with Gasteiger partial charge in [0.1, 0.15) is 0 Å². The molecule has 7 nitrogen and oxygen atoms in total. The van der Waals surface area contributed by atoms with Gasteiger partial charge in [0.15, 0.2) is 0 Å². The first-order valence-corrected chi connectivity index (χ1v) is 8.46. The minimum absolute atomic E-state index is 0.0208. The molecule has 22 heavy (non-hydrogen) atoms. The molecule has 1 saturated heterocycles. The fraction of sp³-hybridized carbons (Fsp3) is 0.429. The molecule has 2 amide bonds. The lowest BCUT2D eigenvalue weighted by atomic mass is 10.1. The van der Waals surface area contributed by atoms with Gasteiger partial charge in [-0.25, -0.2) is 13.6 Å². The second kappa shape index (κ2) is 6.05. The van der Waals surface area contributed by atoms with Crippen LogP contribution in [0.1, 0.15) is 20.3 Å². The molecular formula is C14H19N3O4S. The fourth-order valence-electron chi connectivity index (χ4n) is 2.38. The van der Waals surface area contributed by atoms with Crippen molar-refractivity contribution in [2.75, 3.05) is 11.9 Å². The number of rotatable bonds is 4. The Balaban J connectivity index is 2.03. The minimum Gasteiger partial charge on any atom is -0.339 e. The van der Waals surface area contributed by atoms with E-state index in [0.29, 0.717) is 12.2 Å². The highest BCUT2D eigenvalue weighted by Gasteiger charge is 2.35. The highest BCUT2D eigenvalue weighted by atomic mass is 32.2. The predicted octanol–water partition coefficient (Wildman–Crippen LogP) is 0.529. The summed E-state index contributed by atoms with van der Waals surface area (Å²) in [4.78, 5) is 25.6. The second-order valence-corrected chi connectivity index (χ2v) is 7.16. The van der Waals surface area contributed by atoms with Crippen LogP contribution in [0.5, 0.6) is 0 Å². The topological polar surface area (TPSA) is 110 Å². The standard InChI is InChI=1S/C14H19N3O4S/c1-9(2)17-8-10(7-13(17)18)14(19)16-11-3-5-12(6-4-11)22(15,20)21/h3-6,9-10H,7-8H2,1-2H3,(H,16,19)(H2,15,20,21)/t10-/m0/s1. The summed E-state index contributed by atoms with van der Waals surface area (Å²) in [5.74, 6) is -0.674. The average molecular weight is 325 g/mol. The molecule has 0 aliphatic carbocycles. The van der Waals surface area contributed by atoms with E-state index in [9.17, 15) is 18.0 Å². The van der Waals surface area contributed by atoms with Gasteiger partial charge in [-0.05, 0) is 38.1 Å². The zero-order chi connectivity index (χ0) is 16.5. The Bertz CT molecular complexity index is 683. The van der Waals surface area contributed by atoms with Crippen LogP contribution in [0.3, 0.4) is 0 Å². The van der Waals surface area contributed by atoms with Crippen molar-refractivity contribution in [1.29, 1.82) is 0 Å². The number of hydrogen-bond donors (Lipinski definition) is 2. The smallest absolute Gasteiger partial charge is 0.238 e. The van der Waals surface area contributed by atoms with Gasteiger partial charge in [-0.1, -0.05) is 0 Å². The van der Waals surface area contributed by atoms with E-state index in [-0.39, 0.29) is 29.2 Å². The first-order valence-electron chi connectivity index (χ1n) is 6.91. The van der Waals surface area contributed by atoms with Crippen LogP contribution in [-0.4, -0.2) is 37.7 Å². The van der Waals surface area contributed by atoms with Crippen LogP contribution in [0.2, 0.25) is 0 Å². The molecule has 1 aromatic rings. The van der Waals surface area contributed by atoms with Gasteiger partial charge in [0.25, 0.3) is 0 Å². The molecule has 8 heteroatoms. The van der Waals surface area contributed by atoms with Crippen molar-refractivity contribution in [2.24, 2.45) is 11.1 Å². The Kier molecular flexibility index (Phi) is 4.52. The van der Waals surface area contributed by atoms with Crippen molar-refractivity contribution in [1.82, 2.24) is 4.90 Å². The van der Waals surface area contributed by atoms with Crippen molar-refractivity contribution in [3.05, 3.63) is 24.3 Å². The summed E-state index contributed by atoms with van der Waals surface area (Å²) in [6.45, 7) is 4.21. The monoisotopic (exact) mass is 325 g/mol. The molecule has 0 unspecified atom stereocenters. The number of nitrogens with zero attached hydrogens (tertiary/aromatic N) is 1. The van der Waals surface area contributed by atoms with E-state index in [4.69, 9.17) is 5.14 Å². The van der Waals surface area contributed by atoms with Crippen LogP contribution in [0, 0.1) is 5.92 Å². The third-order valence-electron chi connectivity index (χ3n) is 3.60. The zero-order valence-electron chi connectivity index (χ0n) is 12.4. The van der Waals surface area contributed by atoms with E-state index in [1.807, 2.05) is 13.8 Å². The zero-order valence-corrected chi connectivity index (χ0v) is 13.3. The first-order chi connectivity index (χ1) is 10.2. The molecule has 2 rings (SSSR count). The lowest BCUT2D eigenvalue weighted by Crippen LogP contribution is -2.33. The van der Waals surface area contributed by atoms with Gasteiger partial charge in [-0.15, -0.1) is 0 Å². The number of sulfonamides is 1. The molecule has 0 bridgehead atoms. The second-order valence-electron chi connectivity index (χ2n) is 5.60. The molecule has 1 fully saturated rings. The van der Waals surface area contributed by atoms with E-state index in [0.717, 1.165) is 0 Å². The molecule has 0 saturated carbocycles. The van der Waals surface area contributed by atoms with Crippen molar-refractivity contribution >= 4 is 27.5 Å². The summed E-state index contributed by atoms with van der Waals surface area (Å²) in [6.07, 6.45) is 0.194. The highest BCUT2D eigenvalue weighted by Crippen LogP contribution is 2.22. The van der Waals surface area contributed by atoms with Crippen molar-refractivity contribution in [3.63, 3.8) is 0 Å². The summed E-state index contributed by atoms with van der Waals surface area (Å²) in [6, 6.07) is 5.65. The lowest BCUT2D eigenvalue weighted by molar-refractivity contribution is -0.129. The van der Waals surface area contributed by atoms with Crippen LogP contribution in [0.4, 0.5) is 5.69 Å². The first kappa shape index (κ1) is 16.4. The molecule has 1 aromatic carbocycles. The summed E-state index contributed by atoms with van der Waals surface area (Å²) >= 11 is 0. The predicted molar refractivity (Wildman–Crippen MR) is 81.4 cm³/mol. The number of carbonyl (C=O) groups is 2. The Morgan fingerprint density at radius 3 is 2.36 bits per heavy atom. The van der Waals surface area contributed by atoms with Crippen molar-refractivity contribution in [3.8, 4) is 0 Å². The molecule has 1 aliphatic rings. The number of carbonyl (C=O) groups excluding carboxylic acids is 2. The van der Waals surface area contributed by atoms with Gasteiger partial charge in [0.2, 0.25) is 21.8 Å². The van der Waals surface area contributed by atoms with E-state index < -0.39 is 15.9 Å². The quantitative estimate of drug-likeness (QED) is 0.841. The Labute approximate surface area is 129 Å². The van der Waals surface area contributed by atoms with E-state index in [2.05, 4.69) is 5.32 Å². The maximum Gasteiger partial charge on any atom is 0.238 e. The van der Waals surface area contributed by atoms with Gasteiger partial charge in [-0.2, -0.15) is 0 Å². The normalized spacial score (nSPS) is 18.8. The number of likely N-dealkylation sites (tertiary alicyclic amines) is 1. The van der Waals surface area contributed by atoms with Gasteiger partial charge < -0.3 is 10.2 Å². The molecule has 3 N–H and O–H groups in total. The highest BCUT2D eigenvalue weighted by molar-refractivity contribution is 7.89. The SMILES string of the molecule is CC(C)N1C[C@@H](C(=O)Nc2ccc(S(N)(=O)=O)cc2)CC1=O. The molecule has 1 atom stereocenters. The number of anilines is 1. The third kappa shape index (κ3) is 3.63. The number of nitrogens with one attached hydrogen (secondary N) is 1. The van der Waals surface area contributed by atoms with Gasteiger partial charge in [-0.3, -0.25) is 9.59 Å². The van der Waals surface area contributed by atoms with E-state index in [1.54, 1.807) is 4.90 Å². The number of primary sulfonamides is 1. The maximum atomic E-state index is 12.2. The molecule has 0 aromatic heterocycles. The minimum atomic E-state index is -3.75. The Morgan fingerprint density at radius 1 is 1.32 bits per heavy atom. The number of nitrogens with two attached hydrogens (primary N) is 1. The van der Waals surface area contributed by atoms with Gasteiger partial charge >= 0.3 is 0 Å². The van der Waals surface area contributed by atoms with Crippen LogP contribution >= 0.6 is 0 Å². The molecule has 1 aliphatic heterocycles. The number of benzene rings is 1. The van der Waals surface area contributed by atoms with Crippen LogP contribution in [0.25, 0.3) is 0 Å². The van der Waals surface area contributed by atoms with Crippen molar-refractivity contribution < 1.29 is 18.0 Å². The van der Waals surface area contributed by atoms with Crippen molar-refractivity contribution in [2.45, 2.75) is 31.2 Å². The molecule has 120 valence electrons.